The van der Waals surface area contributed by atoms with Crippen LogP contribution in [0.2, 0.25) is 0 Å². The molecule has 1 unspecified atom stereocenters. The molecule has 4 rings (SSSR count). The predicted octanol–water partition coefficient (Wildman–Crippen LogP) is 5.15. The molecule has 31 heavy (non-hydrogen) atoms. The van der Waals surface area contributed by atoms with Gasteiger partial charge in [-0.1, -0.05) is 15.9 Å². The van der Waals surface area contributed by atoms with Gasteiger partial charge in [-0.25, -0.2) is 4.79 Å². The van der Waals surface area contributed by atoms with E-state index in [1.807, 2.05) is 43.3 Å². The number of allylic oxidation sites excluding steroid dienone is 3. The van der Waals surface area contributed by atoms with E-state index in [0.717, 1.165) is 28.8 Å². The highest BCUT2D eigenvalue weighted by molar-refractivity contribution is 9.10. The zero-order valence-electron chi connectivity index (χ0n) is 17.5. The number of carbonyl (C=O) groups excluding carboxylic acids is 2. The number of Topliss-reactive ketones (excluding diaryl/α,β-unsaturated/α-hetero) is 1. The number of furan rings is 1. The van der Waals surface area contributed by atoms with Crippen LogP contribution in [0, 0.1) is 0 Å². The minimum absolute atomic E-state index is 0.0390. The standard InChI is InChI=1S/C24H24BrNO5/c1-3-29-24(28)21-14(2)26-18-5-4-6-19(27)22(18)23(21)20-12-11-17(31-20)13-30-16-9-7-15(25)8-10-16/h7-12,23,26H,3-6,13H2,1-2H3. The lowest BCUT2D eigenvalue weighted by atomic mass is 9.77. The number of esters is 1. The van der Waals surface area contributed by atoms with Crippen LogP contribution in [0.3, 0.4) is 0 Å². The minimum Gasteiger partial charge on any atom is -0.486 e. The molecule has 1 aromatic heterocycles. The Bertz CT molecular complexity index is 1060. The van der Waals surface area contributed by atoms with E-state index < -0.39 is 11.9 Å². The van der Waals surface area contributed by atoms with Gasteiger partial charge in [0.15, 0.2) is 5.78 Å². The molecule has 1 aliphatic heterocycles. The Balaban J connectivity index is 1.64. The first-order valence-corrected chi connectivity index (χ1v) is 11.1. The smallest absolute Gasteiger partial charge is 0.336 e. The summed E-state index contributed by atoms with van der Waals surface area (Å²) >= 11 is 3.40. The fraction of sp³-hybridized carbons (Fsp3) is 0.333. The molecule has 0 saturated heterocycles. The van der Waals surface area contributed by atoms with Crippen molar-refractivity contribution in [1.29, 1.82) is 0 Å². The molecule has 0 fully saturated rings. The van der Waals surface area contributed by atoms with Gasteiger partial charge in [-0.3, -0.25) is 4.79 Å². The molecule has 1 aromatic carbocycles. The summed E-state index contributed by atoms with van der Waals surface area (Å²) in [6, 6.07) is 11.2. The van der Waals surface area contributed by atoms with Crippen molar-refractivity contribution >= 4 is 27.7 Å². The normalized spacial score (nSPS) is 18.5. The van der Waals surface area contributed by atoms with Gasteiger partial charge < -0.3 is 19.2 Å². The summed E-state index contributed by atoms with van der Waals surface area (Å²) < 4.78 is 18.2. The van der Waals surface area contributed by atoms with E-state index in [4.69, 9.17) is 13.9 Å². The molecule has 0 bridgehead atoms. The quantitative estimate of drug-likeness (QED) is 0.569. The number of hydrogen-bond donors (Lipinski definition) is 1. The summed E-state index contributed by atoms with van der Waals surface area (Å²) in [5.41, 5.74) is 2.59. The largest absolute Gasteiger partial charge is 0.486 e. The van der Waals surface area contributed by atoms with Crippen LogP contribution in [0.1, 0.15) is 50.5 Å². The molecule has 6 nitrogen and oxygen atoms in total. The molecule has 0 amide bonds. The monoisotopic (exact) mass is 485 g/mol. The van der Waals surface area contributed by atoms with Gasteiger partial charge in [0.1, 0.15) is 23.9 Å². The molecule has 0 radical (unpaired) electrons. The van der Waals surface area contributed by atoms with Gasteiger partial charge in [0, 0.05) is 27.9 Å². The van der Waals surface area contributed by atoms with E-state index >= 15 is 0 Å². The van der Waals surface area contributed by atoms with Gasteiger partial charge in [0.25, 0.3) is 0 Å². The Morgan fingerprint density at radius 3 is 2.71 bits per heavy atom. The van der Waals surface area contributed by atoms with Crippen molar-refractivity contribution in [2.75, 3.05) is 6.61 Å². The Morgan fingerprint density at radius 2 is 1.97 bits per heavy atom. The summed E-state index contributed by atoms with van der Waals surface area (Å²) in [5.74, 6) is 0.898. The second-order valence-corrected chi connectivity index (χ2v) is 8.45. The molecule has 1 atom stereocenters. The van der Waals surface area contributed by atoms with E-state index in [0.29, 0.717) is 34.8 Å². The van der Waals surface area contributed by atoms with Gasteiger partial charge in [0.2, 0.25) is 0 Å². The SMILES string of the molecule is CCOC(=O)C1=C(C)NC2=C(C(=O)CCC2)C1c1ccc(COc2ccc(Br)cc2)o1. The number of halogens is 1. The summed E-state index contributed by atoms with van der Waals surface area (Å²) in [7, 11) is 0. The van der Waals surface area contributed by atoms with Gasteiger partial charge in [-0.2, -0.15) is 0 Å². The van der Waals surface area contributed by atoms with Crippen molar-refractivity contribution in [1.82, 2.24) is 5.32 Å². The predicted molar refractivity (Wildman–Crippen MR) is 118 cm³/mol. The average Bonchev–Trinajstić information content (AvgIpc) is 3.21. The Morgan fingerprint density at radius 1 is 1.19 bits per heavy atom. The highest BCUT2D eigenvalue weighted by Crippen LogP contribution is 2.43. The van der Waals surface area contributed by atoms with E-state index in [1.54, 1.807) is 6.92 Å². The van der Waals surface area contributed by atoms with Gasteiger partial charge in [-0.15, -0.1) is 0 Å². The molecule has 0 saturated carbocycles. The average molecular weight is 486 g/mol. The number of ketones is 1. The van der Waals surface area contributed by atoms with Crippen LogP contribution in [-0.2, 0) is 20.9 Å². The van der Waals surface area contributed by atoms with Crippen molar-refractivity contribution in [2.45, 2.75) is 45.6 Å². The van der Waals surface area contributed by atoms with Crippen LogP contribution in [0.15, 0.2) is 67.8 Å². The highest BCUT2D eigenvalue weighted by Gasteiger charge is 2.40. The second-order valence-electron chi connectivity index (χ2n) is 7.53. The molecule has 2 aliphatic rings. The number of nitrogens with one attached hydrogen (secondary N) is 1. The van der Waals surface area contributed by atoms with E-state index in [-0.39, 0.29) is 19.0 Å². The zero-order chi connectivity index (χ0) is 22.0. The summed E-state index contributed by atoms with van der Waals surface area (Å²) in [5, 5.41) is 3.26. The van der Waals surface area contributed by atoms with Crippen LogP contribution in [-0.4, -0.2) is 18.4 Å². The highest BCUT2D eigenvalue weighted by atomic mass is 79.9. The maximum absolute atomic E-state index is 12.8. The number of rotatable bonds is 6. The maximum Gasteiger partial charge on any atom is 0.336 e. The lowest BCUT2D eigenvalue weighted by molar-refractivity contribution is -0.138. The first-order valence-electron chi connectivity index (χ1n) is 10.4. The number of benzene rings is 1. The van der Waals surface area contributed by atoms with E-state index in [2.05, 4.69) is 21.2 Å². The lowest BCUT2D eigenvalue weighted by Crippen LogP contribution is -2.34. The topological polar surface area (TPSA) is 77.8 Å². The van der Waals surface area contributed by atoms with Crippen molar-refractivity contribution in [3.8, 4) is 5.75 Å². The minimum atomic E-state index is -0.579. The fourth-order valence-electron chi connectivity index (χ4n) is 4.06. The Labute approximate surface area is 189 Å². The van der Waals surface area contributed by atoms with E-state index in [9.17, 15) is 9.59 Å². The van der Waals surface area contributed by atoms with Crippen molar-refractivity contribution < 1.29 is 23.5 Å². The van der Waals surface area contributed by atoms with Crippen LogP contribution in [0.25, 0.3) is 0 Å². The fourth-order valence-corrected chi connectivity index (χ4v) is 4.32. The third kappa shape index (κ3) is 4.46. The van der Waals surface area contributed by atoms with Crippen LogP contribution >= 0.6 is 15.9 Å². The molecule has 1 N–H and O–H groups in total. The van der Waals surface area contributed by atoms with Crippen molar-refractivity contribution in [3.05, 3.63) is 74.9 Å². The zero-order valence-corrected chi connectivity index (χ0v) is 19.1. The molecular formula is C24H24BrNO5. The van der Waals surface area contributed by atoms with Crippen LogP contribution < -0.4 is 10.1 Å². The first-order chi connectivity index (χ1) is 15.0. The van der Waals surface area contributed by atoms with Gasteiger partial charge in [0.05, 0.1) is 18.1 Å². The van der Waals surface area contributed by atoms with E-state index in [1.165, 1.54) is 0 Å². The molecule has 1 aliphatic carbocycles. The first kappa shape index (κ1) is 21.4. The number of dihydropyridines is 1. The van der Waals surface area contributed by atoms with Gasteiger partial charge >= 0.3 is 5.97 Å². The van der Waals surface area contributed by atoms with Crippen molar-refractivity contribution in [3.63, 3.8) is 0 Å². The Hall–Kier alpha value is -2.80. The maximum atomic E-state index is 12.8. The summed E-state index contributed by atoms with van der Waals surface area (Å²) in [4.78, 5) is 25.6. The summed E-state index contributed by atoms with van der Waals surface area (Å²) in [6.07, 6.45) is 2.03. The second kappa shape index (κ2) is 9.14. The Kier molecular flexibility index (Phi) is 6.32. The molecular weight excluding hydrogens is 462 g/mol. The van der Waals surface area contributed by atoms with Gasteiger partial charge in [-0.05, 0) is 63.1 Å². The third-order valence-corrected chi connectivity index (χ3v) is 5.96. The van der Waals surface area contributed by atoms with Crippen LogP contribution in [0.5, 0.6) is 5.75 Å². The summed E-state index contributed by atoms with van der Waals surface area (Å²) in [6.45, 7) is 4.10. The van der Waals surface area contributed by atoms with Crippen molar-refractivity contribution in [2.24, 2.45) is 0 Å². The third-order valence-electron chi connectivity index (χ3n) is 5.43. The molecule has 2 aromatic rings. The number of carbonyl (C=O) groups is 2. The van der Waals surface area contributed by atoms with Crippen LogP contribution in [0.4, 0.5) is 0 Å². The molecule has 162 valence electrons. The molecule has 7 heteroatoms. The number of ether oxygens (including phenoxy) is 2. The molecule has 0 spiro atoms. The lowest BCUT2D eigenvalue weighted by Gasteiger charge is -2.32. The number of hydrogen-bond acceptors (Lipinski definition) is 6. The molecule has 2 heterocycles.